The van der Waals surface area contributed by atoms with Crippen molar-refractivity contribution in [3.8, 4) is 11.5 Å². The number of azo groups is 2. The second-order valence-corrected chi connectivity index (χ2v) is 18.5. The first-order valence-corrected chi connectivity index (χ1v) is 22.8. The van der Waals surface area contributed by atoms with Gasteiger partial charge in [-0.15, -0.1) is 20.5 Å². The molecule has 0 aromatic heterocycles. The minimum absolute atomic E-state index is 0.0542. The van der Waals surface area contributed by atoms with Crippen molar-refractivity contribution in [2.75, 3.05) is 22.1 Å². The summed E-state index contributed by atoms with van der Waals surface area (Å²) in [6.45, 7) is 1.27. The average Bonchev–Trinajstić information content (AvgIpc) is 3.15. The van der Waals surface area contributed by atoms with Gasteiger partial charge in [0.15, 0.2) is 11.5 Å². The Morgan fingerprint density at radius 3 is 1.19 bits per heavy atom. The van der Waals surface area contributed by atoms with Crippen molar-refractivity contribution in [2.45, 2.75) is 26.5 Å². The van der Waals surface area contributed by atoms with Crippen molar-refractivity contribution < 1.29 is 71.7 Å². The highest BCUT2D eigenvalue weighted by Crippen LogP contribution is 2.44. The molecule has 64 heavy (non-hydrogen) atoms. The fraction of sp³-hybridized carbons (Fsp3) is 0.0286. The van der Waals surface area contributed by atoms with Crippen molar-refractivity contribution in [1.82, 2.24) is 0 Å². The van der Waals surface area contributed by atoms with Crippen LogP contribution in [0.5, 0.6) is 11.5 Å². The van der Waals surface area contributed by atoms with Gasteiger partial charge < -0.3 is 38.0 Å². The van der Waals surface area contributed by atoms with Crippen LogP contribution in [0.15, 0.2) is 125 Å². The van der Waals surface area contributed by atoms with Crippen molar-refractivity contribution >= 4 is 119 Å². The Morgan fingerprint density at radius 1 is 0.500 bits per heavy atom. The number of anilines is 4. The number of carbonyl (C=O) groups excluding carboxylic acids is 2. The van der Waals surface area contributed by atoms with Crippen LogP contribution in [0.3, 0.4) is 0 Å². The number of phenolic OH excluding ortho intramolecular Hbond substituents is 2. The maximum Gasteiger partial charge on any atom is 0.316 e. The van der Waals surface area contributed by atoms with Gasteiger partial charge in [-0.1, -0.05) is 0 Å². The Bertz CT molecular complexity index is 3230. The van der Waals surface area contributed by atoms with E-state index < -0.39 is 100 Å². The summed E-state index contributed by atoms with van der Waals surface area (Å²) in [6.07, 6.45) is 0. The fourth-order valence-corrected chi connectivity index (χ4v) is 8.18. The van der Waals surface area contributed by atoms with E-state index in [1.165, 1.54) is 55.5 Å². The summed E-state index contributed by atoms with van der Waals surface area (Å²) in [5.41, 5.74) is 14.5. The molecule has 0 heterocycles. The van der Waals surface area contributed by atoms with E-state index in [1.807, 2.05) is 0 Å². The third-order valence-electron chi connectivity index (χ3n) is 8.28. The summed E-state index contributed by atoms with van der Waals surface area (Å²) >= 11 is 0. The summed E-state index contributed by atoms with van der Waals surface area (Å²) < 4.78 is 132. The van der Waals surface area contributed by atoms with E-state index in [-0.39, 0.29) is 44.5 Å². The van der Waals surface area contributed by atoms with Crippen molar-refractivity contribution in [1.29, 1.82) is 0 Å². The van der Waals surface area contributed by atoms with Gasteiger partial charge in [0, 0.05) is 40.4 Å². The van der Waals surface area contributed by atoms with Gasteiger partial charge in [-0.25, -0.2) is 4.79 Å². The molecule has 6 rings (SSSR count). The van der Waals surface area contributed by atoms with Crippen LogP contribution in [0.4, 0.5) is 50.3 Å². The molecule has 0 bridgehead atoms. The number of nitrogens with two attached hydrogens (primary N) is 3. The molecule has 0 aliphatic rings. The average molecular weight is 962 g/mol. The van der Waals surface area contributed by atoms with Gasteiger partial charge in [0.2, 0.25) is 5.91 Å². The zero-order valence-electron chi connectivity index (χ0n) is 32.0. The molecule has 336 valence electrons. The zero-order valence-corrected chi connectivity index (χ0v) is 35.3. The van der Waals surface area contributed by atoms with Gasteiger partial charge in [0.05, 0.1) is 0 Å². The Kier molecular flexibility index (Phi) is 13.2. The van der Waals surface area contributed by atoms with Crippen LogP contribution in [0.25, 0.3) is 21.5 Å². The van der Waals surface area contributed by atoms with E-state index >= 15 is 0 Å². The van der Waals surface area contributed by atoms with E-state index in [4.69, 9.17) is 17.2 Å². The lowest BCUT2D eigenvalue weighted by Crippen LogP contribution is -2.19. The first kappa shape index (κ1) is 47.7. The standard InChI is InChI=1S/C18H16N4O8S2.C17H15N5O8S2/c1-9(23)20-12-3-4-13-10(6-12)7-16(32(28,29)30)17(18(13)24)22-21-14-8-11(19)2-5-15(14)31(25,26)27;18-9-1-4-13(31(25,26)27)12(7-9)21-22-15-14(32(28,29)30)6-8-5-10(20-17(19)24)2-3-11(8)16(15)23/h2-8,24H,19H2,1H3,(H,20,23)(H,25,26,27)(H,28,29,30);1-7,23H,18H2,(H3,19,20,24)(H,25,26,27)(H,28,29,30). The van der Waals surface area contributed by atoms with E-state index in [2.05, 4.69) is 31.1 Å². The normalized spacial score (nSPS) is 12.3. The van der Waals surface area contributed by atoms with Crippen LogP contribution in [0.1, 0.15) is 6.92 Å². The molecule has 25 nitrogen and oxygen atoms in total. The minimum Gasteiger partial charge on any atom is -0.505 e. The van der Waals surface area contributed by atoms with Crippen LogP contribution < -0.4 is 27.8 Å². The Balaban J connectivity index is 0.000000241. The number of hydrogen-bond donors (Lipinski definition) is 11. The van der Waals surface area contributed by atoms with Gasteiger partial charge in [0.1, 0.15) is 42.3 Å². The monoisotopic (exact) mass is 961 g/mol. The maximum atomic E-state index is 11.9. The lowest BCUT2D eigenvalue weighted by atomic mass is 10.1. The third kappa shape index (κ3) is 11.2. The zero-order chi connectivity index (χ0) is 47.7. The summed E-state index contributed by atoms with van der Waals surface area (Å²) in [7, 11) is -19.3. The summed E-state index contributed by atoms with van der Waals surface area (Å²) in [5.74, 6) is -1.79. The van der Waals surface area contributed by atoms with Crippen LogP contribution >= 0.6 is 0 Å². The van der Waals surface area contributed by atoms with Gasteiger partial charge in [-0.05, 0) is 95.7 Å². The van der Waals surface area contributed by atoms with Crippen LogP contribution in [0, 0.1) is 0 Å². The molecule has 0 aliphatic carbocycles. The largest absolute Gasteiger partial charge is 0.505 e. The molecule has 0 spiro atoms. The number of nitrogens with one attached hydrogen (secondary N) is 2. The van der Waals surface area contributed by atoms with E-state index in [9.17, 15) is 71.7 Å². The smallest absolute Gasteiger partial charge is 0.316 e. The predicted molar refractivity (Wildman–Crippen MR) is 228 cm³/mol. The first-order chi connectivity index (χ1) is 29.5. The number of hydrogen-bond acceptors (Lipinski definition) is 18. The van der Waals surface area contributed by atoms with E-state index in [0.717, 1.165) is 36.4 Å². The molecule has 0 aliphatic heterocycles. The Hall–Kier alpha value is -7.38. The van der Waals surface area contributed by atoms with E-state index in [1.54, 1.807) is 0 Å². The lowest BCUT2D eigenvalue weighted by molar-refractivity contribution is -0.114. The molecule has 29 heteroatoms. The lowest BCUT2D eigenvalue weighted by Gasteiger charge is -2.10. The Morgan fingerprint density at radius 2 is 0.859 bits per heavy atom. The van der Waals surface area contributed by atoms with Gasteiger partial charge in [-0.2, -0.15) is 33.7 Å². The van der Waals surface area contributed by atoms with Crippen molar-refractivity contribution in [2.24, 2.45) is 26.2 Å². The minimum atomic E-state index is -4.95. The summed E-state index contributed by atoms with van der Waals surface area (Å²) in [6, 6.07) is 15.6. The number of phenols is 2. The fourth-order valence-electron chi connectivity index (χ4n) is 5.66. The molecule has 0 unspecified atom stereocenters. The second-order valence-electron chi connectivity index (χ2n) is 12.9. The highest BCUT2D eigenvalue weighted by atomic mass is 32.2. The highest BCUT2D eigenvalue weighted by molar-refractivity contribution is 7.86. The van der Waals surface area contributed by atoms with Gasteiger partial charge >= 0.3 is 6.03 Å². The molecule has 6 aromatic rings. The van der Waals surface area contributed by atoms with E-state index in [0.29, 0.717) is 5.69 Å². The molecule has 0 atom stereocenters. The molecule has 0 radical (unpaired) electrons. The number of nitrogen functional groups attached to an aromatic ring is 2. The third-order valence-corrected chi connectivity index (χ3v) is 11.8. The molecule has 0 saturated carbocycles. The molecule has 14 N–H and O–H groups in total. The molecule has 6 aromatic carbocycles. The molecule has 0 fully saturated rings. The molecular weight excluding hydrogens is 931 g/mol. The summed E-state index contributed by atoms with van der Waals surface area (Å²) in [5, 5.41) is 40.8. The predicted octanol–water partition coefficient (Wildman–Crippen LogP) is 5.52. The molecule has 3 amide bonds. The number of carbonyl (C=O) groups is 2. The number of benzene rings is 6. The quantitative estimate of drug-likeness (QED) is 0.0457. The number of primary amides is 1. The number of amides is 3. The topological polar surface area (TPSA) is 444 Å². The van der Waals surface area contributed by atoms with Crippen LogP contribution in [-0.4, -0.2) is 74.0 Å². The SMILES string of the molecule is CC(=O)Nc1ccc2c(O)c(N=Nc3cc(N)ccc3S(=O)(=O)O)c(S(=O)(=O)O)cc2c1.NC(=O)Nc1ccc2c(O)c(N=Nc3cc(N)ccc3S(=O)(=O)O)c(S(=O)(=O)O)cc2c1. The number of urea groups is 1. The van der Waals surface area contributed by atoms with Gasteiger partial charge in [0.25, 0.3) is 40.5 Å². The van der Waals surface area contributed by atoms with Gasteiger partial charge in [-0.3, -0.25) is 23.0 Å². The molecular formula is C35H31N9O16S4. The highest BCUT2D eigenvalue weighted by Gasteiger charge is 2.25. The Labute approximate surface area is 361 Å². The second kappa shape index (κ2) is 17.8. The maximum absolute atomic E-state index is 11.9. The van der Waals surface area contributed by atoms with Crippen molar-refractivity contribution in [3.05, 3.63) is 84.9 Å². The number of fused-ring (bicyclic) bond motifs is 2. The van der Waals surface area contributed by atoms with Crippen molar-refractivity contribution in [3.63, 3.8) is 0 Å². The number of aromatic hydroxyl groups is 2. The first-order valence-electron chi connectivity index (χ1n) is 17.0. The number of rotatable bonds is 10. The van der Waals surface area contributed by atoms with Crippen LogP contribution in [0.2, 0.25) is 0 Å². The van der Waals surface area contributed by atoms with Crippen LogP contribution in [-0.2, 0) is 45.3 Å². The summed E-state index contributed by atoms with van der Waals surface area (Å²) in [4.78, 5) is 19.2. The molecule has 0 saturated heterocycles. The number of nitrogens with zero attached hydrogens (tertiary/aromatic N) is 4.